The fourth-order valence-corrected chi connectivity index (χ4v) is 3.07. The van der Waals surface area contributed by atoms with Crippen molar-refractivity contribution in [2.24, 2.45) is 5.92 Å². The van der Waals surface area contributed by atoms with Crippen molar-refractivity contribution in [3.05, 3.63) is 35.1 Å². The number of hydrogen-bond donors (Lipinski definition) is 0. The molecule has 0 spiro atoms. The van der Waals surface area contributed by atoms with Crippen LogP contribution in [0.15, 0.2) is 12.1 Å². The summed E-state index contributed by atoms with van der Waals surface area (Å²) in [6.07, 6.45) is 3.31. The van der Waals surface area contributed by atoms with Crippen molar-refractivity contribution in [2.45, 2.75) is 65.8 Å². The van der Waals surface area contributed by atoms with Crippen LogP contribution < -0.4 is 0 Å². The second-order valence-corrected chi connectivity index (χ2v) is 6.25. The third kappa shape index (κ3) is 6.56. The number of benzene rings is 1. The molecule has 0 radical (unpaired) electrons. The molecule has 1 aromatic carbocycles. The predicted molar refractivity (Wildman–Crippen MR) is 95.3 cm³/mol. The first-order valence-electron chi connectivity index (χ1n) is 9.45. The highest BCUT2D eigenvalue weighted by molar-refractivity contribution is 5.20. The summed E-state index contributed by atoms with van der Waals surface area (Å²) in [5.41, 5.74) is -0.0493. The lowest BCUT2D eigenvalue weighted by atomic mass is 9.98. The fourth-order valence-electron chi connectivity index (χ4n) is 3.07. The van der Waals surface area contributed by atoms with Crippen LogP contribution in [-0.2, 0) is 20.6 Å². The van der Waals surface area contributed by atoms with Gasteiger partial charge in [-0.05, 0) is 40.0 Å². The molecular formula is C20H31F3O3. The highest BCUT2D eigenvalue weighted by Gasteiger charge is 2.38. The van der Waals surface area contributed by atoms with Crippen molar-refractivity contribution >= 4 is 0 Å². The Labute approximate surface area is 154 Å². The number of unbranched alkanes of at least 4 members (excludes halogenated alkanes) is 2. The van der Waals surface area contributed by atoms with Crippen LogP contribution in [0.3, 0.4) is 0 Å². The topological polar surface area (TPSA) is 27.7 Å². The van der Waals surface area contributed by atoms with Gasteiger partial charge in [0.25, 0.3) is 5.97 Å². The minimum atomic E-state index is -1.05. The molecule has 0 saturated heterocycles. The van der Waals surface area contributed by atoms with Crippen molar-refractivity contribution in [3.63, 3.8) is 0 Å². The summed E-state index contributed by atoms with van der Waals surface area (Å²) in [6.45, 7) is 9.14. The first-order valence-corrected chi connectivity index (χ1v) is 9.45. The van der Waals surface area contributed by atoms with Crippen LogP contribution in [0.25, 0.3) is 0 Å². The molecule has 1 unspecified atom stereocenters. The van der Waals surface area contributed by atoms with Crippen molar-refractivity contribution in [1.29, 1.82) is 0 Å². The van der Waals surface area contributed by atoms with E-state index >= 15 is 0 Å². The van der Waals surface area contributed by atoms with Gasteiger partial charge >= 0.3 is 0 Å². The largest absolute Gasteiger partial charge is 0.328 e. The second kappa shape index (κ2) is 11.6. The van der Waals surface area contributed by atoms with E-state index in [1.54, 1.807) is 0 Å². The average molecular weight is 376 g/mol. The third-order valence-electron chi connectivity index (χ3n) is 4.31. The Morgan fingerprint density at radius 1 is 0.846 bits per heavy atom. The van der Waals surface area contributed by atoms with E-state index in [0.717, 1.165) is 31.4 Å². The van der Waals surface area contributed by atoms with Crippen molar-refractivity contribution in [1.82, 2.24) is 0 Å². The Balaban J connectivity index is 2.50. The summed E-state index contributed by atoms with van der Waals surface area (Å²) in [5.74, 6) is -3.57. The molecule has 0 heterocycles. The van der Waals surface area contributed by atoms with E-state index in [2.05, 4.69) is 0 Å². The zero-order chi connectivity index (χ0) is 19.6. The van der Waals surface area contributed by atoms with E-state index in [9.17, 15) is 13.2 Å². The van der Waals surface area contributed by atoms with Gasteiger partial charge in [-0.25, -0.2) is 13.2 Å². The Morgan fingerprint density at radius 2 is 1.35 bits per heavy atom. The Hall–Kier alpha value is -1.11. The average Bonchev–Trinajstić information content (AvgIpc) is 2.56. The molecule has 1 aromatic rings. The Morgan fingerprint density at radius 3 is 1.81 bits per heavy atom. The minimum Gasteiger partial charge on any atom is -0.328 e. The van der Waals surface area contributed by atoms with Gasteiger partial charge in [-0.15, -0.1) is 0 Å². The lowest BCUT2D eigenvalue weighted by Crippen LogP contribution is -2.45. The molecule has 3 nitrogen and oxygen atoms in total. The zero-order valence-electron chi connectivity index (χ0n) is 16.2. The molecule has 1 atom stereocenters. The van der Waals surface area contributed by atoms with Gasteiger partial charge in [0.1, 0.15) is 17.5 Å². The van der Waals surface area contributed by atoms with E-state index in [-0.39, 0.29) is 17.9 Å². The first kappa shape index (κ1) is 22.9. The van der Waals surface area contributed by atoms with Gasteiger partial charge < -0.3 is 14.2 Å². The van der Waals surface area contributed by atoms with Gasteiger partial charge in [-0.3, -0.25) is 0 Å². The quantitative estimate of drug-likeness (QED) is 0.331. The predicted octanol–water partition coefficient (Wildman–Crippen LogP) is 5.61. The van der Waals surface area contributed by atoms with Crippen LogP contribution in [-0.4, -0.2) is 25.8 Å². The monoisotopic (exact) mass is 376 g/mol. The Bertz CT molecular complexity index is 497. The number of hydrogen-bond acceptors (Lipinski definition) is 3. The summed E-state index contributed by atoms with van der Waals surface area (Å²) >= 11 is 0. The van der Waals surface area contributed by atoms with Gasteiger partial charge in [0.2, 0.25) is 0 Å². The molecule has 0 aliphatic heterocycles. The van der Waals surface area contributed by atoms with Crippen LogP contribution in [0, 0.1) is 23.4 Å². The van der Waals surface area contributed by atoms with Gasteiger partial charge in [0.15, 0.2) is 0 Å². The van der Waals surface area contributed by atoms with Crippen molar-refractivity contribution < 1.29 is 27.4 Å². The molecule has 150 valence electrons. The molecule has 0 fully saturated rings. The van der Waals surface area contributed by atoms with Crippen LogP contribution >= 0.6 is 0 Å². The fraction of sp³-hybridized carbons (Fsp3) is 0.700. The van der Waals surface area contributed by atoms with E-state index in [1.807, 2.05) is 27.7 Å². The van der Waals surface area contributed by atoms with E-state index in [4.69, 9.17) is 14.2 Å². The molecule has 26 heavy (non-hydrogen) atoms. The normalized spacial score (nSPS) is 13.2. The van der Waals surface area contributed by atoms with Crippen LogP contribution in [0.5, 0.6) is 0 Å². The maximum atomic E-state index is 13.6. The summed E-state index contributed by atoms with van der Waals surface area (Å²) < 4.78 is 57.5. The standard InChI is InChI=1S/C20H31F3O3/c1-5-24-20(25-6-2,26-7-3)15(4)11-9-8-10-12-17-18(22)13-16(21)14-19(17)23/h13-15H,5-12H2,1-4H3. The summed E-state index contributed by atoms with van der Waals surface area (Å²) in [5, 5.41) is 0. The molecule has 0 bridgehead atoms. The van der Waals surface area contributed by atoms with E-state index in [0.29, 0.717) is 26.2 Å². The summed E-state index contributed by atoms with van der Waals surface area (Å²) in [6, 6.07) is 1.45. The lowest BCUT2D eigenvalue weighted by Gasteiger charge is -2.37. The minimum absolute atomic E-state index is 0.0154. The van der Waals surface area contributed by atoms with Gasteiger partial charge in [-0.1, -0.05) is 19.8 Å². The summed E-state index contributed by atoms with van der Waals surface area (Å²) in [4.78, 5) is 0. The second-order valence-electron chi connectivity index (χ2n) is 6.25. The maximum absolute atomic E-state index is 13.6. The molecule has 0 aliphatic carbocycles. The van der Waals surface area contributed by atoms with Gasteiger partial charge in [-0.2, -0.15) is 0 Å². The van der Waals surface area contributed by atoms with Crippen molar-refractivity contribution in [3.8, 4) is 0 Å². The number of halogens is 3. The van der Waals surface area contributed by atoms with E-state index in [1.165, 1.54) is 0 Å². The zero-order valence-corrected chi connectivity index (χ0v) is 16.2. The third-order valence-corrected chi connectivity index (χ3v) is 4.31. The number of rotatable bonds is 13. The SMILES string of the molecule is CCOC(OCC)(OCC)C(C)CCCCCc1c(F)cc(F)cc1F. The molecule has 0 N–H and O–H groups in total. The maximum Gasteiger partial charge on any atom is 0.285 e. The molecule has 1 rings (SSSR count). The molecule has 6 heteroatoms. The lowest BCUT2D eigenvalue weighted by molar-refractivity contribution is -0.400. The Kier molecular flexibility index (Phi) is 10.2. The highest BCUT2D eigenvalue weighted by Crippen LogP contribution is 2.30. The van der Waals surface area contributed by atoms with Crippen LogP contribution in [0.4, 0.5) is 13.2 Å². The molecule has 0 aromatic heterocycles. The van der Waals surface area contributed by atoms with E-state index < -0.39 is 23.4 Å². The highest BCUT2D eigenvalue weighted by atomic mass is 19.1. The van der Waals surface area contributed by atoms with Gasteiger partial charge in [0, 0.05) is 43.4 Å². The van der Waals surface area contributed by atoms with Crippen molar-refractivity contribution in [2.75, 3.05) is 19.8 Å². The molecular weight excluding hydrogens is 345 g/mol. The van der Waals surface area contributed by atoms with Crippen LogP contribution in [0.1, 0.15) is 58.9 Å². The molecule has 0 saturated carbocycles. The van der Waals surface area contributed by atoms with Crippen LogP contribution in [0.2, 0.25) is 0 Å². The summed E-state index contributed by atoms with van der Waals surface area (Å²) in [7, 11) is 0. The van der Waals surface area contributed by atoms with Gasteiger partial charge in [0.05, 0.1) is 0 Å². The molecule has 0 amide bonds. The smallest absolute Gasteiger partial charge is 0.285 e. The first-order chi connectivity index (χ1) is 12.4. The number of ether oxygens (including phenoxy) is 3. The molecule has 0 aliphatic rings.